The van der Waals surface area contributed by atoms with Crippen LogP contribution in [0.15, 0.2) is 36.0 Å². The van der Waals surface area contributed by atoms with E-state index in [9.17, 15) is 8.42 Å². The Balaban J connectivity index is 2.76. The van der Waals surface area contributed by atoms with Crippen LogP contribution in [0.4, 0.5) is 0 Å². The summed E-state index contributed by atoms with van der Waals surface area (Å²) in [5, 5.41) is 4.59. The summed E-state index contributed by atoms with van der Waals surface area (Å²) in [4.78, 5) is 3.96. The maximum Gasteiger partial charge on any atom is 0.168 e. The van der Waals surface area contributed by atoms with Crippen LogP contribution in [0.2, 0.25) is 0 Å². The summed E-state index contributed by atoms with van der Waals surface area (Å²) in [5.41, 5.74) is 1.13. The topological polar surface area (TPSA) is 59.1 Å². The van der Waals surface area contributed by atoms with Crippen LogP contribution in [0.5, 0.6) is 0 Å². The minimum Gasteiger partial charge on any atom is -0.308 e. The molecule has 100 valence electrons. The fourth-order valence-electron chi connectivity index (χ4n) is 1.62. The molecule has 1 rings (SSSR count). The fraction of sp³-hybridized carbons (Fsp3) is 0.462. The van der Waals surface area contributed by atoms with E-state index >= 15 is 0 Å². The summed E-state index contributed by atoms with van der Waals surface area (Å²) >= 11 is 0. The third-order valence-electron chi connectivity index (χ3n) is 2.31. The van der Waals surface area contributed by atoms with E-state index < -0.39 is 9.84 Å². The van der Waals surface area contributed by atoms with Crippen LogP contribution in [0.25, 0.3) is 0 Å². The Hall–Kier alpha value is -1.20. The van der Waals surface area contributed by atoms with Gasteiger partial charge in [0.25, 0.3) is 0 Å². The summed E-state index contributed by atoms with van der Waals surface area (Å²) in [6.45, 7) is 4.07. The van der Waals surface area contributed by atoms with Gasteiger partial charge in [-0.05, 0) is 24.1 Å². The summed E-state index contributed by atoms with van der Waals surface area (Å²) in [6.07, 6.45) is 7.12. The molecule has 1 N–H and O–H groups in total. The highest BCUT2D eigenvalue weighted by Crippen LogP contribution is 2.05. The molecule has 4 nitrogen and oxygen atoms in total. The van der Waals surface area contributed by atoms with Crippen molar-refractivity contribution in [2.45, 2.75) is 32.4 Å². The van der Waals surface area contributed by atoms with Crippen molar-refractivity contribution in [3.63, 3.8) is 0 Å². The molecule has 18 heavy (non-hydrogen) atoms. The Labute approximate surface area is 109 Å². The second kappa shape index (κ2) is 6.66. The molecule has 5 heteroatoms. The standard InChI is InChI=1S/C13H20N2O2S/c1-11(2)15-13(6-9-18(3,16)17)10-12-4-7-14-8-5-12/h4-9,11,13,15H,10H2,1-3H3/b9-6+/t13-/m1/s1. The van der Waals surface area contributed by atoms with Crippen molar-refractivity contribution >= 4 is 9.84 Å². The SMILES string of the molecule is CC(C)N[C@H](/C=C/S(C)(=O)=O)Cc1ccncc1. The molecule has 0 saturated heterocycles. The predicted octanol–water partition coefficient (Wildman–Crippen LogP) is 1.55. The second-order valence-electron chi connectivity index (χ2n) is 4.65. The average Bonchev–Trinajstić information content (AvgIpc) is 2.25. The highest BCUT2D eigenvalue weighted by Gasteiger charge is 2.08. The molecule has 1 atom stereocenters. The zero-order valence-electron chi connectivity index (χ0n) is 11.0. The van der Waals surface area contributed by atoms with Crippen LogP contribution < -0.4 is 5.32 Å². The van der Waals surface area contributed by atoms with E-state index in [1.165, 1.54) is 11.7 Å². The molecule has 0 saturated carbocycles. The second-order valence-corrected chi connectivity index (χ2v) is 6.58. The number of nitrogens with one attached hydrogen (secondary N) is 1. The summed E-state index contributed by atoms with van der Waals surface area (Å²) < 4.78 is 22.3. The van der Waals surface area contributed by atoms with Gasteiger partial charge < -0.3 is 5.32 Å². The summed E-state index contributed by atoms with van der Waals surface area (Å²) in [5.74, 6) is 0. The molecule has 0 bridgehead atoms. The van der Waals surface area contributed by atoms with Gasteiger partial charge in [-0.15, -0.1) is 0 Å². The van der Waals surface area contributed by atoms with Crippen LogP contribution in [0, 0.1) is 0 Å². The summed E-state index contributed by atoms with van der Waals surface area (Å²) in [6, 6.07) is 4.16. The minimum atomic E-state index is -3.08. The first-order valence-corrected chi connectivity index (χ1v) is 7.85. The maximum absolute atomic E-state index is 11.1. The molecule has 0 aliphatic heterocycles. The smallest absolute Gasteiger partial charge is 0.168 e. The molecule has 1 heterocycles. The number of sulfone groups is 1. The van der Waals surface area contributed by atoms with Gasteiger partial charge in [0.2, 0.25) is 0 Å². The van der Waals surface area contributed by atoms with Gasteiger partial charge in [0.05, 0.1) is 0 Å². The van der Waals surface area contributed by atoms with E-state index in [1.54, 1.807) is 18.5 Å². The van der Waals surface area contributed by atoms with Gasteiger partial charge in [0, 0.05) is 36.1 Å². The van der Waals surface area contributed by atoms with Crippen molar-refractivity contribution in [1.29, 1.82) is 0 Å². The van der Waals surface area contributed by atoms with Crippen molar-refractivity contribution in [1.82, 2.24) is 10.3 Å². The largest absolute Gasteiger partial charge is 0.308 e. The molecule has 0 radical (unpaired) electrons. The lowest BCUT2D eigenvalue weighted by Gasteiger charge is -2.17. The van der Waals surface area contributed by atoms with Crippen LogP contribution >= 0.6 is 0 Å². The molecule has 0 aliphatic carbocycles. The van der Waals surface area contributed by atoms with Crippen molar-refractivity contribution in [2.24, 2.45) is 0 Å². The van der Waals surface area contributed by atoms with E-state index in [-0.39, 0.29) is 6.04 Å². The zero-order chi connectivity index (χ0) is 13.6. The minimum absolute atomic E-state index is 0.00197. The fourth-order valence-corrected chi connectivity index (χ4v) is 2.10. The van der Waals surface area contributed by atoms with E-state index in [0.29, 0.717) is 6.04 Å². The monoisotopic (exact) mass is 268 g/mol. The van der Waals surface area contributed by atoms with Crippen LogP contribution in [0.3, 0.4) is 0 Å². The lowest BCUT2D eigenvalue weighted by atomic mass is 10.1. The normalized spacial score (nSPS) is 14.2. The van der Waals surface area contributed by atoms with Gasteiger partial charge >= 0.3 is 0 Å². The number of aromatic nitrogens is 1. The number of nitrogens with zero attached hydrogens (tertiary/aromatic N) is 1. The maximum atomic E-state index is 11.1. The van der Waals surface area contributed by atoms with Gasteiger partial charge in [-0.25, -0.2) is 8.42 Å². The molecule has 0 fully saturated rings. The third kappa shape index (κ3) is 6.51. The van der Waals surface area contributed by atoms with Crippen molar-refractivity contribution in [2.75, 3.05) is 6.26 Å². The van der Waals surface area contributed by atoms with Gasteiger partial charge in [0.15, 0.2) is 9.84 Å². The Bertz CT molecular complexity index is 481. The van der Waals surface area contributed by atoms with E-state index in [4.69, 9.17) is 0 Å². The first-order valence-electron chi connectivity index (χ1n) is 5.90. The molecule has 1 aromatic rings. The predicted molar refractivity (Wildman–Crippen MR) is 74.0 cm³/mol. The molecule has 0 amide bonds. The van der Waals surface area contributed by atoms with Crippen molar-refractivity contribution in [3.8, 4) is 0 Å². The van der Waals surface area contributed by atoms with Crippen LogP contribution in [-0.2, 0) is 16.3 Å². The number of rotatable bonds is 6. The first-order chi connectivity index (χ1) is 8.37. The van der Waals surface area contributed by atoms with Gasteiger partial charge in [-0.1, -0.05) is 19.9 Å². The molecular formula is C13H20N2O2S. The molecular weight excluding hydrogens is 248 g/mol. The highest BCUT2D eigenvalue weighted by atomic mass is 32.2. The number of hydrogen-bond donors (Lipinski definition) is 1. The Kier molecular flexibility index (Phi) is 5.50. The van der Waals surface area contributed by atoms with E-state index in [0.717, 1.165) is 12.0 Å². The molecule has 0 aromatic carbocycles. The van der Waals surface area contributed by atoms with Crippen LogP contribution in [0.1, 0.15) is 19.4 Å². The van der Waals surface area contributed by atoms with Crippen molar-refractivity contribution < 1.29 is 8.42 Å². The molecule has 0 unspecified atom stereocenters. The zero-order valence-corrected chi connectivity index (χ0v) is 11.8. The van der Waals surface area contributed by atoms with Crippen molar-refractivity contribution in [3.05, 3.63) is 41.6 Å². The highest BCUT2D eigenvalue weighted by molar-refractivity contribution is 7.93. The van der Waals surface area contributed by atoms with E-state index in [1.807, 2.05) is 26.0 Å². The summed E-state index contributed by atoms with van der Waals surface area (Å²) in [7, 11) is -3.08. The molecule has 1 aromatic heterocycles. The lowest BCUT2D eigenvalue weighted by Crippen LogP contribution is -2.35. The Morgan fingerprint density at radius 3 is 2.44 bits per heavy atom. The molecule has 0 spiro atoms. The number of hydrogen-bond acceptors (Lipinski definition) is 4. The van der Waals surface area contributed by atoms with Gasteiger partial charge in [-0.2, -0.15) is 0 Å². The van der Waals surface area contributed by atoms with Crippen LogP contribution in [-0.4, -0.2) is 31.7 Å². The van der Waals surface area contributed by atoms with Gasteiger partial charge in [0.1, 0.15) is 0 Å². The van der Waals surface area contributed by atoms with Gasteiger partial charge in [-0.3, -0.25) is 4.98 Å². The molecule has 0 aliphatic rings. The lowest BCUT2D eigenvalue weighted by molar-refractivity contribution is 0.520. The average molecular weight is 268 g/mol. The third-order valence-corrected chi connectivity index (χ3v) is 2.96. The van der Waals surface area contributed by atoms with E-state index in [2.05, 4.69) is 10.3 Å². The first kappa shape index (κ1) is 14.9. The number of pyridine rings is 1. The Morgan fingerprint density at radius 2 is 1.94 bits per heavy atom. The Morgan fingerprint density at radius 1 is 1.33 bits per heavy atom. The quantitative estimate of drug-likeness (QED) is 0.850.